The topological polar surface area (TPSA) is 41.6 Å². The lowest BCUT2D eigenvalue weighted by Gasteiger charge is -2.32. The van der Waals surface area contributed by atoms with Crippen LogP contribution in [0.2, 0.25) is 0 Å². The van der Waals surface area contributed by atoms with Crippen molar-refractivity contribution in [2.45, 2.75) is 32.4 Å². The van der Waals surface area contributed by atoms with E-state index in [1.54, 1.807) is 22.3 Å². The predicted octanol–water partition coefficient (Wildman–Crippen LogP) is 5.65. The second kappa shape index (κ2) is 8.85. The highest BCUT2D eigenvalue weighted by atomic mass is 19.4. The Hall–Kier alpha value is -2.82. The molecule has 1 aliphatic rings. The summed E-state index contributed by atoms with van der Waals surface area (Å²) in [6, 6.07) is 4.70. The predicted molar refractivity (Wildman–Crippen MR) is 107 cm³/mol. The van der Waals surface area contributed by atoms with E-state index in [9.17, 15) is 35.5 Å². The molecule has 0 bridgehead atoms. The van der Waals surface area contributed by atoms with Crippen LogP contribution in [0, 0.1) is 23.3 Å². The minimum absolute atomic E-state index is 0.0792. The van der Waals surface area contributed by atoms with Crippen molar-refractivity contribution in [3.05, 3.63) is 58.2 Å². The zero-order chi connectivity index (χ0) is 24.7. The maximum atomic E-state index is 14.3. The van der Waals surface area contributed by atoms with E-state index in [0.717, 1.165) is 5.56 Å². The molecule has 2 aromatic rings. The van der Waals surface area contributed by atoms with Gasteiger partial charge in [-0.1, -0.05) is 26.8 Å². The van der Waals surface area contributed by atoms with Gasteiger partial charge in [0.1, 0.15) is 11.3 Å². The Morgan fingerprint density at radius 2 is 1.48 bits per heavy atom. The van der Waals surface area contributed by atoms with E-state index in [2.05, 4.69) is 0 Å². The molecule has 1 fully saturated rings. The van der Waals surface area contributed by atoms with Gasteiger partial charge < -0.3 is 15.0 Å². The number of nitrogens with zero attached hydrogens (tertiary/aromatic N) is 1. The summed E-state index contributed by atoms with van der Waals surface area (Å²) in [5, 5.41) is 1.70. The van der Waals surface area contributed by atoms with E-state index < -0.39 is 46.6 Å². The van der Waals surface area contributed by atoms with Gasteiger partial charge in [0.15, 0.2) is 23.3 Å². The molecular weight excluding hydrogens is 457 g/mol. The maximum Gasteiger partial charge on any atom is 0.422 e. The fourth-order valence-electron chi connectivity index (χ4n) is 3.43. The van der Waals surface area contributed by atoms with E-state index >= 15 is 0 Å². The molecule has 0 saturated carbocycles. The molecule has 3 rings (SSSR count). The molecule has 1 heterocycles. The molecule has 180 valence electrons. The van der Waals surface area contributed by atoms with Crippen LogP contribution in [0.15, 0.2) is 18.2 Å². The van der Waals surface area contributed by atoms with E-state index in [-0.39, 0.29) is 11.0 Å². The van der Waals surface area contributed by atoms with Gasteiger partial charge in [-0.2, -0.15) is 13.2 Å². The smallest absolute Gasteiger partial charge is 0.378 e. The lowest BCUT2D eigenvalue weighted by atomic mass is 9.86. The zero-order valence-corrected chi connectivity index (χ0v) is 18.0. The Morgan fingerprint density at radius 3 is 1.97 bits per heavy atom. The molecule has 1 N–H and O–H groups in total. The van der Waals surface area contributed by atoms with Gasteiger partial charge in [-0.15, -0.1) is 0 Å². The average Bonchev–Trinajstić information content (AvgIpc) is 2.74. The van der Waals surface area contributed by atoms with Crippen LogP contribution >= 0.6 is 0 Å². The van der Waals surface area contributed by atoms with Crippen molar-refractivity contribution < 1.29 is 40.3 Å². The van der Waals surface area contributed by atoms with E-state index in [1.807, 2.05) is 20.8 Å². The molecule has 1 saturated heterocycles. The number of hydrogen-bond acceptors (Lipinski definition) is 3. The molecule has 0 unspecified atom stereocenters. The summed E-state index contributed by atoms with van der Waals surface area (Å²) in [5.74, 6) is -11.1. The Balaban J connectivity index is 2.06. The third kappa shape index (κ3) is 4.92. The van der Waals surface area contributed by atoms with Crippen LogP contribution in [0.25, 0.3) is 0 Å². The number of nitrogens with one attached hydrogen (secondary N) is 1. The molecule has 0 spiro atoms. The van der Waals surface area contributed by atoms with Crippen molar-refractivity contribution in [2.75, 3.05) is 36.5 Å². The first-order chi connectivity index (χ1) is 15.2. The molecule has 0 aromatic heterocycles. The Bertz CT molecular complexity index is 1040. The average molecular weight is 478 g/mol. The minimum Gasteiger partial charge on any atom is -0.378 e. The first kappa shape index (κ1) is 24.8. The van der Waals surface area contributed by atoms with E-state index in [4.69, 9.17) is 4.74 Å². The standard InChI is InChI=1S/C22H21F7N2O2/c1-21(2,3)11-4-5-12(13(10-11)31-6-8-33-9-7-31)20(32)30-19-17(25)15(23)14(22(27,28)29)16(24)18(19)26/h4-5,10H,6-9H2,1-3H3,(H,30,32). The summed E-state index contributed by atoms with van der Waals surface area (Å²) in [5.41, 5.74) is -3.52. The number of benzene rings is 2. The first-order valence-corrected chi connectivity index (χ1v) is 9.95. The van der Waals surface area contributed by atoms with E-state index in [1.165, 1.54) is 6.07 Å². The fraction of sp³-hybridized carbons (Fsp3) is 0.409. The molecule has 33 heavy (non-hydrogen) atoms. The summed E-state index contributed by atoms with van der Waals surface area (Å²) in [4.78, 5) is 14.7. The van der Waals surface area contributed by atoms with Crippen LogP contribution in [-0.2, 0) is 16.3 Å². The summed E-state index contributed by atoms with van der Waals surface area (Å²) in [6.45, 7) is 7.33. The molecule has 0 aliphatic carbocycles. The number of ether oxygens (including phenoxy) is 1. The number of carbonyl (C=O) groups excluding carboxylic acids is 1. The van der Waals surface area contributed by atoms with Crippen molar-refractivity contribution in [2.24, 2.45) is 0 Å². The fourth-order valence-corrected chi connectivity index (χ4v) is 3.43. The van der Waals surface area contributed by atoms with Crippen LogP contribution in [0.1, 0.15) is 42.3 Å². The second-order valence-electron chi connectivity index (χ2n) is 8.54. The van der Waals surface area contributed by atoms with Gasteiger partial charge in [-0.3, -0.25) is 4.79 Å². The first-order valence-electron chi connectivity index (χ1n) is 9.95. The van der Waals surface area contributed by atoms with Crippen LogP contribution in [0.5, 0.6) is 0 Å². The van der Waals surface area contributed by atoms with Gasteiger partial charge in [0.05, 0.1) is 18.8 Å². The van der Waals surface area contributed by atoms with E-state index in [0.29, 0.717) is 32.0 Å². The van der Waals surface area contributed by atoms with Crippen molar-refractivity contribution in [3.8, 4) is 0 Å². The molecule has 1 aliphatic heterocycles. The van der Waals surface area contributed by atoms with Crippen LogP contribution in [0.4, 0.5) is 42.1 Å². The number of alkyl halides is 3. The van der Waals surface area contributed by atoms with Crippen LogP contribution in [0.3, 0.4) is 0 Å². The Morgan fingerprint density at radius 1 is 0.939 bits per heavy atom. The van der Waals surface area contributed by atoms with Crippen molar-refractivity contribution in [3.63, 3.8) is 0 Å². The summed E-state index contributed by atoms with van der Waals surface area (Å²) in [6.07, 6.45) is -5.68. The van der Waals surface area contributed by atoms with Crippen molar-refractivity contribution in [1.82, 2.24) is 0 Å². The van der Waals surface area contributed by atoms with Crippen molar-refractivity contribution >= 4 is 17.3 Å². The second-order valence-corrected chi connectivity index (χ2v) is 8.54. The Labute approximate surface area is 185 Å². The summed E-state index contributed by atoms with van der Waals surface area (Å²) in [7, 11) is 0. The number of anilines is 2. The summed E-state index contributed by atoms with van der Waals surface area (Å²) >= 11 is 0. The molecule has 0 atom stereocenters. The molecular formula is C22H21F7N2O2. The highest BCUT2D eigenvalue weighted by molar-refractivity contribution is 6.08. The molecule has 2 aromatic carbocycles. The largest absolute Gasteiger partial charge is 0.422 e. The van der Waals surface area contributed by atoms with Gasteiger partial charge in [0.2, 0.25) is 0 Å². The number of rotatable bonds is 3. The highest BCUT2D eigenvalue weighted by Crippen LogP contribution is 2.39. The summed E-state index contributed by atoms with van der Waals surface area (Å²) < 4.78 is 100. The number of halogens is 7. The normalized spacial score (nSPS) is 15.0. The van der Waals surface area contributed by atoms with Gasteiger partial charge in [0.25, 0.3) is 5.91 Å². The van der Waals surface area contributed by atoms with Crippen molar-refractivity contribution in [1.29, 1.82) is 0 Å². The number of carbonyl (C=O) groups is 1. The SMILES string of the molecule is CC(C)(C)c1ccc(C(=O)Nc2c(F)c(F)c(C(F)(F)F)c(F)c2F)c(N2CCOCC2)c1. The number of hydrogen-bond donors (Lipinski definition) is 1. The van der Waals surface area contributed by atoms with Gasteiger partial charge in [0, 0.05) is 18.8 Å². The van der Waals surface area contributed by atoms with Crippen LogP contribution in [-0.4, -0.2) is 32.2 Å². The molecule has 1 amide bonds. The lowest BCUT2D eigenvalue weighted by molar-refractivity contribution is -0.143. The third-order valence-electron chi connectivity index (χ3n) is 5.25. The van der Waals surface area contributed by atoms with Crippen LogP contribution < -0.4 is 10.2 Å². The lowest BCUT2D eigenvalue weighted by Crippen LogP contribution is -2.37. The third-order valence-corrected chi connectivity index (χ3v) is 5.25. The molecule has 11 heteroatoms. The molecule has 4 nitrogen and oxygen atoms in total. The maximum absolute atomic E-state index is 14.3. The van der Waals surface area contributed by atoms with Gasteiger partial charge >= 0.3 is 6.18 Å². The molecule has 0 radical (unpaired) electrons. The minimum atomic E-state index is -5.68. The quantitative estimate of drug-likeness (QED) is 0.458. The monoisotopic (exact) mass is 478 g/mol. The number of morpholine rings is 1. The van der Waals surface area contributed by atoms with Gasteiger partial charge in [-0.25, -0.2) is 17.6 Å². The Kier molecular flexibility index (Phi) is 6.65. The zero-order valence-electron chi connectivity index (χ0n) is 18.0. The van der Waals surface area contributed by atoms with Gasteiger partial charge in [-0.05, 0) is 23.1 Å². The highest BCUT2D eigenvalue weighted by Gasteiger charge is 2.42. The number of amides is 1.